The molecule has 0 bridgehead atoms. The van der Waals surface area contributed by atoms with Crippen LogP contribution in [0.25, 0.3) is 0 Å². The van der Waals surface area contributed by atoms with E-state index in [4.69, 9.17) is 24.1 Å². The molecule has 0 saturated carbocycles. The minimum atomic E-state index is -2.03. The van der Waals surface area contributed by atoms with Crippen molar-refractivity contribution in [1.82, 2.24) is 0 Å². The van der Waals surface area contributed by atoms with Gasteiger partial charge in [0.2, 0.25) is 0 Å². The Labute approximate surface area is 106 Å². The van der Waals surface area contributed by atoms with Gasteiger partial charge in [0, 0.05) is 13.7 Å². The van der Waals surface area contributed by atoms with Gasteiger partial charge in [0.25, 0.3) is 0 Å². The molecule has 0 aromatic rings. The molecule has 0 amide bonds. The van der Waals surface area contributed by atoms with E-state index >= 15 is 0 Å². The third-order valence-electron chi connectivity index (χ3n) is 2.35. The Hall–Kier alpha value is 0.0169. The van der Waals surface area contributed by atoms with Crippen molar-refractivity contribution >= 4 is 8.56 Å². The molecular weight excluding hydrogens is 238 g/mol. The molecule has 0 rings (SSSR count). The Morgan fingerprint density at radius 2 is 1.76 bits per heavy atom. The standard InChI is InChI=1S/C11H27NO4Si/c1-4-15-17(3,11-5-6-12)16-10-9-14-8-7-13-2/h4-12H2,1-3H3. The zero-order valence-electron chi connectivity index (χ0n) is 11.4. The summed E-state index contributed by atoms with van der Waals surface area (Å²) in [5.74, 6) is 0. The van der Waals surface area contributed by atoms with Gasteiger partial charge >= 0.3 is 8.56 Å². The average molecular weight is 265 g/mol. The van der Waals surface area contributed by atoms with E-state index in [1.54, 1.807) is 7.11 Å². The molecule has 0 aliphatic heterocycles. The molecule has 1 unspecified atom stereocenters. The molecule has 2 N–H and O–H groups in total. The summed E-state index contributed by atoms with van der Waals surface area (Å²) in [6.45, 7) is 7.84. The minimum Gasteiger partial charge on any atom is -0.395 e. The maximum atomic E-state index is 5.85. The molecule has 17 heavy (non-hydrogen) atoms. The Bertz CT molecular complexity index is 174. The van der Waals surface area contributed by atoms with E-state index in [-0.39, 0.29) is 0 Å². The van der Waals surface area contributed by atoms with Gasteiger partial charge in [0.1, 0.15) is 0 Å². The van der Waals surface area contributed by atoms with Crippen molar-refractivity contribution in [3.63, 3.8) is 0 Å². The van der Waals surface area contributed by atoms with Crippen molar-refractivity contribution in [2.24, 2.45) is 5.73 Å². The quantitative estimate of drug-likeness (QED) is 0.423. The number of hydrogen-bond acceptors (Lipinski definition) is 5. The first-order valence-corrected chi connectivity index (χ1v) is 8.75. The molecule has 0 aliphatic rings. The van der Waals surface area contributed by atoms with Crippen LogP contribution in [-0.4, -0.2) is 55.2 Å². The molecule has 0 aliphatic carbocycles. The summed E-state index contributed by atoms with van der Waals surface area (Å²) in [6.07, 6.45) is 0.952. The lowest BCUT2D eigenvalue weighted by Gasteiger charge is -2.26. The zero-order chi connectivity index (χ0) is 13.0. The topological polar surface area (TPSA) is 62.9 Å². The Balaban J connectivity index is 3.68. The second-order valence-corrected chi connectivity index (χ2v) is 7.26. The molecule has 6 heteroatoms. The third-order valence-corrected chi connectivity index (χ3v) is 5.33. The Kier molecular flexibility index (Phi) is 11.1. The van der Waals surface area contributed by atoms with Crippen LogP contribution >= 0.6 is 0 Å². The molecule has 1 atom stereocenters. The first kappa shape index (κ1) is 17.0. The van der Waals surface area contributed by atoms with Gasteiger partial charge in [-0.05, 0) is 32.5 Å². The predicted molar refractivity (Wildman–Crippen MR) is 70.4 cm³/mol. The van der Waals surface area contributed by atoms with Crippen LogP contribution in [0, 0.1) is 0 Å². The van der Waals surface area contributed by atoms with Gasteiger partial charge in [0.15, 0.2) is 0 Å². The van der Waals surface area contributed by atoms with Gasteiger partial charge in [-0.3, -0.25) is 0 Å². The minimum absolute atomic E-state index is 0.580. The summed E-state index contributed by atoms with van der Waals surface area (Å²) in [7, 11) is -0.372. The highest BCUT2D eigenvalue weighted by molar-refractivity contribution is 6.66. The molecule has 0 heterocycles. The van der Waals surface area contributed by atoms with Crippen molar-refractivity contribution in [1.29, 1.82) is 0 Å². The summed E-state index contributed by atoms with van der Waals surface area (Å²) in [5, 5.41) is 0. The Morgan fingerprint density at radius 3 is 2.35 bits per heavy atom. The van der Waals surface area contributed by atoms with Crippen LogP contribution in [0.15, 0.2) is 0 Å². The number of rotatable bonds is 12. The molecule has 104 valence electrons. The van der Waals surface area contributed by atoms with Crippen molar-refractivity contribution < 1.29 is 18.3 Å². The number of hydrogen-bond donors (Lipinski definition) is 1. The van der Waals surface area contributed by atoms with Crippen molar-refractivity contribution in [3.05, 3.63) is 0 Å². The van der Waals surface area contributed by atoms with E-state index in [0.29, 0.717) is 39.6 Å². The number of nitrogens with two attached hydrogens (primary N) is 1. The maximum Gasteiger partial charge on any atom is 0.335 e. The van der Waals surface area contributed by atoms with Crippen LogP contribution in [-0.2, 0) is 18.3 Å². The zero-order valence-corrected chi connectivity index (χ0v) is 12.4. The Morgan fingerprint density at radius 1 is 1.06 bits per heavy atom. The molecule has 0 spiro atoms. The van der Waals surface area contributed by atoms with Gasteiger partial charge in [0.05, 0.1) is 26.4 Å². The van der Waals surface area contributed by atoms with E-state index in [9.17, 15) is 0 Å². The molecular formula is C11H27NO4Si. The van der Waals surface area contributed by atoms with Gasteiger partial charge in [-0.2, -0.15) is 0 Å². The summed E-state index contributed by atoms with van der Waals surface area (Å²) in [4.78, 5) is 0. The predicted octanol–water partition coefficient (Wildman–Crippen LogP) is 1.12. The molecule has 0 saturated heterocycles. The second kappa shape index (κ2) is 11.1. The second-order valence-electron chi connectivity index (χ2n) is 3.91. The van der Waals surface area contributed by atoms with Gasteiger partial charge in [-0.1, -0.05) is 0 Å². The maximum absolute atomic E-state index is 5.85. The fraction of sp³-hybridized carbons (Fsp3) is 1.00. The van der Waals surface area contributed by atoms with Crippen LogP contribution in [0.5, 0.6) is 0 Å². The molecule has 0 fully saturated rings. The summed E-state index contributed by atoms with van der Waals surface area (Å²) < 4.78 is 21.8. The molecule has 0 aromatic carbocycles. The average Bonchev–Trinajstić information content (AvgIpc) is 2.32. The van der Waals surface area contributed by atoms with Crippen LogP contribution < -0.4 is 5.73 Å². The van der Waals surface area contributed by atoms with Crippen molar-refractivity contribution in [2.45, 2.75) is 25.9 Å². The smallest absolute Gasteiger partial charge is 0.335 e. The fourth-order valence-corrected chi connectivity index (χ4v) is 3.82. The van der Waals surface area contributed by atoms with Crippen molar-refractivity contribution in [2.75, 3.05) is 46.7 Å². The van der Waals surface area contributed by atoms with Gasteiger partial charge in [-0.25, -0.2) is 0 Å². The third kappa shape index (κ3) is 9.69. The first-order valence-electron chi connectivity index (χ1n) is 6.23. The van der Waals surface area contributed by atoms with E-state index in [2.05, 4.69) is 6.55 Å². The van der Waals surface area contributed by atoms with E-state index in [0.717, 1.165) is 12.5 Å². The van der Waals surface area contributed by atoms with Crippen LogP contribution in [0.4, 0.5) is 0 Å². The summed E-state index contributed by atoms with van der Waals surface area (Å²) >= 11 is 0. The highest BCUT2D eigenvalue weighted by Gasteiger charge is 2.30. The largest absolute Gasteiger partial charge is 0.395 e. The highest BCUT2D eigenvalue weighted by Crippen LogP contribution is 2.15. The molecule has 0 radical (unpaired) electrons. The molecule has 0 aromatic heterocycles. The summed E-state index contributed by atoms with van der Waals surface area (Å²) in [6, 6.07) is 0.940. The van der Waals surface area contributed by atoms with E-state index in [1.165, 1.54) is 0 Å². The number of ether oxygens (including phenoxy) is 2. The monoisotopic (exact) mass is 265 g/mol. The molecule has 5 nitrogen and oxygen atoms in total. The van der Waals surface area contributed by atoms with Crippen LogP contribution in [0.3, 0.4) is 0 Å². The van der Waals surface area contributed by atoms with E-state index < -0.39 is 8.56 Å². The summed E-state index contributed by atoms with van der Waals surface area (Å²) in [5.41, 5.74) is 5.51. The van der Waals surface area contributed by atoms with E-state index in [1.807, 2.05) is 6.92 Å². The lowest BCUT2D eigenvalue weighted by molar-refractivity contribution is 0.0455. The fourth-order valence-electron chi connectivity index (χ4n) is 1.48. The van der Waals surface area contributed by atoms with Crippen molar-refractivity contribution in [3.8, 4) is 0 Å². The number of methoxy groups -OCH3 is 1. The lowest BCUT2D eigenvalue weighted by atomic mass is 10.5. The van der Waals surface area contributed by atoms with Crippen LogP contribution in [0.2, 0.25) is 12.6 Å². The van der Waals surface area contributed by atoms with Gasteiger partial charge < -0.3 is 24.1 Å². The normalized spacial score (nSPS) is 14.8. The van der Waals surface area contributed by atoms with Crippen LogP contribution in [0.1, 0.15) is 13.3 Å². The highest BCUT2D eigenvalue weighted by atomic mass is 28.4. The van der Waals surface area contributed by atoms with Gasteiger partial charge in [-0.15, -0.1) is 0 Å². The lowest BCUT2D eigenvalue weighted by Crippen LogP contribution is -2.40. The first-order chi connectivity index (χ1) is 8.18. The SMILES string of the molecule is CCO[Si](C)(CCCN)OCCOCCOC.